The van der Waals surface area contributed by atoms with Crippen LogP contribution in [0.2, 0.25) is 0 Å². The van der Waals surface area contributed by atoms with Gasteiger partial charge >= 0.3 is 0 Å². The fraction of sp³-hybridized carbons (Fsp3) is 0.214. The minimum absolute atomic E-state index is 0.147. The molecule has 0 fully saturated rings. The normalized spacial score (nSPS) is 10.5. The zero-order valence-corrected chi connectivity index (χ0v) is 9.78. The van der Waals surface area contributed by atoms with E-state index in [1.807, 2.05) is 31.3 Å². The summed E-state index contributed by atoms with van der Waals surface area (Å²) in [6, 6.07) is 9.30. The van der Waals surface area contributed by atoms with E-state index < -0.39 is 0 Å². The molecule has 0 aliphatic rings. The SMILES string of the molecule is CNCc1ccc(Cc2ccncc2)cc1F. The molecule has 0 radical (unpaired) electrons. The van der Waals surface area contributed by atoms with Crippen LogP contribution in [-0.2, 0) is 13.0 Å². The number of nitrogens with zero attached hydrogens (tertiary/aromatic N) is 1. The Bertz CT molecular complexity index is 483. The molecule has 0 aliphatic heterocycles. The summed E-state index contributed by atoms with van der Waals surface area (Å²) in [6.45, 7) is 0.557. The fourth-order valence-electron chi connectivity index (χ4n) is 1.77. The van der Waals surface area contributed by atoms with Crippen molar-refractivity contribution in [3.63, 3.8) is 0 Å². The van der Waals surface area contributed by atoms with Gasteiger partial charge in [-0.2, -0.15) is 0 Å². The van der Waals surface area contributed by atoms with Gasteiger partial charge in [-0.15, -0.1) is 0 Å². The molecule has 0 spiro atoms. The maximum atomic E-state index is 13.7. The monoisotopic (exact) mass is 230 g/mol. The lowest BCUT2D eigenvalue weighted by Gasteiger charge is -2.06. The van der Waals surface area contributed by atoms with Gasteiger partial charge in [0.15, 0.2) is 0 Å². The lowest BCUT2D eigenvalue weighted by molar-refractivity contribution is 0.599. The largest absolute Gasteiger partial charge is 0.316 e. The van der Waals surface area contributed by atoms with Gasteiger partial charge < -0.3 is 5.32 Å². The van der Waals surface area contributed by atoms with Gasteiger partial charge in [0.05, 0.1) is 0 Å². The highest BCUT2D eigenvalue weighted by atomic mass is 19.1. The van der Waals surface area contributed by atoms with Crippen molar-refractivity contribution in [1.29, 1.82) is 0 Å². The second-order valence-electron chi connectivity index (χ2n) is 3.99. The van der Waals surface area contributed by atoms with E-state index in [2.05, 4.69) is 10.3 Å². The van der Waals surface area contributed by atoms with Gasteiger partial charge in [0.2, 0.25) is 0 Å². The molecule has 1 heterocycles. The Balaban J connectivity index is 2.15. The molecule has 88 valence electrons. The average Bonchev–Trinajstić information content (AvgIpc) is 2.34. The number of aromatic nitrogens is 1. The first-order chi connectivity index (χ1) is 8.29. The molecule has 0 aliphatic carbocycles. The van der Waals surface area contributed by atoms with Crippen molar-refractivity contribution in [1.82, 2.24) is 10.3 Å². The van der Waals surface area contributed by atoms with Crippen molar-refractivity contribution >= 4 is 0 Å². The zero-order valence-electron chi connectivity index (χ0n) is 9.78. The lowest BCUT2D eigenvalue weighted by Crippen LogP contribution is -2.07. The van der Waals surface area contributed by atoms with Gasteiger partial charge in [0, 0.05) is 24.5 Å². The van der Waals surface area contributed by atoms with E-state index in [4.69, 9.17) is 0 Å². The van der Waals surface area contributed by atoms with E-state index in [9.17, 15) is 4.39 Å². The lowest BCUT2D eigenvalue weighted by atomic mass is 10.0. The van der Waals surface area contributed by atoms with Crippen molar-refractivity contribution in [2.24, 2.45) is 0 Å². The van der Waals surface area contributed by atoms with Crippen molar-refractivity contribution in [2.45, 2.75) is 13.0 Å². The molecule has 2 aromatic rings. The Labute approximate surface area is 101 Å². The highest BCUT2D eigenvalue weighted by Gasteiger charge is 2.03. The summed E-state index contributed by atoms with van der Waals surface area (Å²) in [5, 5.41) is 2.95. The molecule has 0 amide bonds. The van der Waals surface area contributed by atoms with Crippen LogP contribution in [0.5, 0.6) is 0 Å². The molecule has 0 bridgehead atoms. The number of rotatable bonds is 4. The molecule has 0 unspecified atom stereocenters. The van der Waals surface area contributed by atoms with Crippen LogP contribution in [0.1, 0.15) is 16.7 Å². The summed E-state index contributed by atoms with van der Waals surface area (Å²) in [6.07, 6.45) is 4.24. The van der Waals surface area contributed by atoms with Crippen LogP contribution in [-0.4, -0.2) is 12.0 Å². The summed E-state index contributed by atoms with van der Waals surface area (Å²) >= 11 is 0. The van der Waals surface area contributed by atoms with Gasteiger partial charge in [0.1, 0.15) is 5.82 Å². The van der Waals surface area contributed by atoms with Gasteiger partial charge in [-0.1, -0.05) is 12.1 Å². The van der Waals surface area contributed by atoms with Gasteiger partial charge in [-0.05, 0) is 42.8 Å². The molecular formula is C14H15FN2. The Morgan fingerprint density at radius 1 is 1.12 bits per heavy atom. The maximum absolute atomic E-state index is 13.7. The molecule has 2 nitrogen and oxygen atoms in total. The Hall–Kier alpha value is -1.74. The van der Waals surface area contributed by atoms with Crippen LogP contribution in [0, 0.1) is 5.82 Å². The van der Waals surface area contributed by atoms with Crippen LogP contribution >= 0.6 is 0 Å². The molecule has 3 heteroatoms. The highest BCUT2D eigenvalue weighted by Crippen LogP contribution is 2.13. The second-order valence-corrected chi connectivity index (χ2v) is 3.99. The Kier molecular flexibility index (Phi) is 3.83. The van der Waals surface area contributed by atoms with Gasteiger partial charge in [-0.3, -0.25) is 4.98 Å². The van der Waals surface area contributed by atoms with Crippen LogP contribution in [0.4, 0.5) is 4.39 Å². The molecule has 1 aromatic heterocycles. The third-order valence-corrected chi connectivity index (χ3v) is 2.64. The number of halogens is 1. The average molecular weight is 230 g/mol. The number of hydrogen-bond acceptors (Lipinski definition) is 2. The highest BCUT2D eigenvalue weighted by molar-refractivity contribution is 5.29. The summed E-state index contributed by atoms with van der Waals surface area (Å²) in [7, 11) is 1.81. The number of pyridine rings is 1. The molecule has 17 heavy (non-hydrogen) atoms. The van der Waals surface area contributed by atoms with Crippen molar-refractivity contribution in [3.05, 3.63) is 65.2 Å². The molecule has 2 rings (SSSR count). The van der Waals surface area contributed by atoms with Crippen LogP contribution in [0.15, 0.2) is 42.7 Å². The summed E-state index contributed by atoms with van der Waals surface area (Å²) in [5.74, 6) is -0.147. The van der Waals surface area contributed by atoms with Crippen molar-refractivity contribution < 1.29 is 4.39 Å². The zero-order chi connectivity index (χ0) is 12.1. The van der Waals surface area contributed by atoms with Crippen molar-refractivity contribution in [2.75, 3.05) is 7.05 Å². The Morgan fingerprint density at radius 2 is 1.88 bits per heavy atom. The first-order valence-corrected chi connectivity index (χ1v) is 5.60. The van der Waals surface area contributed by atoms with E-state index in [1.54, 1.807) is 18.5 Å². The summed E-state index contributed by atoms with van der Waals surface area (Å²) in [5.41, 5.74) is 2.82. The first-order valence-electron chi connectivity index (χ1n) is 5.60. The second kappa shape index (κ2) is 5.55. The molecule has 1 aromatic carbocycles. The minimum atomic E-state index is -0.147. The van der Waals surface area contributed by atoms with E-state index in [0.717, 1.165) is 17.5 Å². The number of benzene rings is 1. The topological polar surface area (TPSA) is 24.9 Å². The third kappa shape index (κ3) is 3.11. The predicted octanol–water partition coefficient (Wildman–Crippen LogP) is 2.53. The quantitative estimate of drug-likeness (QED) is 0.873. The van der Waals surface area contributed by atoms with Gasteiger partial charge in [-0.25, -0.2) is 4.39 Å². The minimum Gasteiger partial charge on any atom is -0.316 e. The van der Waals surface area contributed by atoms with E-state index in [-0.39, 0.29) is 5.82 Å². The third-order valence-electron chi connectivity index (χ3n) is 2.64. The van der Waals surface area contributed by atoms with E-state index in [1.165, 1.54) is 0 Å². The molecule has 0 saturated heterocycles. The number of hydrogen-bond donors (Lipinski definition) is 1. The van der Waals surface area contributed by atoms with Crippen LogP contribution in [0.25, 0.3) is 0 Å². The standard InChI is InChI=1S/C14H15FN2/c1-16-10-13-3-2-12(9-14(13)15)8-11-4-6-17-7-5-11/h2-7,9,16H,8,10H2,1H3. The van der Waals surface area contributed by atoms with Crippen LogP contribution < -0.4 is 5.32 Å². The molecule has 0 atom stereocenters. The first kappa shape index (κ1) is 11.7. The molecule has 0 saturated carbocycles. The number of nitrogens with one attached hydrogen (secondary N) is 1. The van der Waals surface area contributed by atoms with Gasteiger partial charge in [0.25, 0.3) is 0 Å². The Morgan fingerprint density at radius 3 is 2.53 bits per heavy atom. The van der Waals surface area contributed by atoms with E-state index >= 15 is 0 Å². The summed E-state index contributed by atoms with van der Waals surface area (Å²) in [4.78, 5) is 3.96. The van der Waals surface area contributed by atoms with E-state index in [0.29, 0.717) is 12.1 Å². The fourth-order valence-corrected chi connectivity index (χ4v) is 1.77. The van der Waals surface area contributed by atoms with Crippen LogP contribution in [0.3, 0.4) is 0 Å². The predicted molar refractivity (Wildman–Crippen MR) is 66.2 cm³/mol. The van der Waals surface area contributed by atoms with Crippen molar-refractivity contribution in [3.8, 4) is 0 Å². The maximum Gasteiger partial charge on any atom is 0.127 e. The summed E-state index contributed by atoms with van der Waals surface area (Å²) < 4.78 is 13.7. The molecule has 1 N–H and O–H groups in total. The smallest absolute Gasteiger partial charge is 0.127 e. The molecular weight excluding hydrogens is 215 g/mol.